The Hall–Kier alpha value is -3.46. The van der Waals surface area contributed by atoms with Crippen LogP contribution >= 0.6 is 0 Å². The SMILES string of the molecule is CC(C)c1cccc(C(C)C)c1N1C=CN(c2c(C(C)C)cccc2C(C)C)C1C1NC=Cc2ccccc21. The molecule has 1 atom stereocenters. The highest BCUT2D eigenvalue weighted by Crippen LogP contribution is 2.46. The zero-order valence-electron chi connectivity index (χ0n) is 24.9. The van der Waals surface area contributed by atoms with Gasteiger partial charge in [-0.3, -0.25) is 0 Å². The third kappa shape index (κ3) is 4.88. The molecule has 204 valence electrons. The molecule has 2 heterocycles. The predicted octanol–water partition coefficient (Wildman–Crippen LogP) is 9.62. The quantitative estimate of drug-likeness (QED) is 0.335. The predicted molar refractivity (Wildman–Crippen MR) is 168 cm³/mol. The van der Waals surface area contributed by atoms with E-state index in [4.69, 9.17) is 0 Å². The van der Waals surface area contributed by atoms with E-state index in [2.05, 4.69) is 156 Å². The first-order chi connectivity index (χ1) is 18.7. The van der Waals surface area contributed by atoms with Gasteiger partial charge < -0.3 is 15.1 Å². The summed E-state index contributed by atoms with van der Waals surface area (Å²) in [6.45, 7) is 18.5. The van der Waals surface area contributed by atoms with E-state index in [1.54, 1.807) is 0 Å². The molecule has 0 aliphatic carbocycles. The average molecular weight is 520 g/mol. The second-order valence-corrected chi connectivity index (χ2v) is 12.3. The van der Waals surface area contributed by atoms with Gasteiger partial charge in [-0.25, -0.2) is 0 Å². The summed E-state index contributed by atoms with van der Waals surface area (Å²) in [6, 6.07) is 22.7. The Labute approximate surface area is 236 Å². The van der Waals surface area contributed by atoms with Crippen LogP contribution in [0.1, 0.15) is 118 Å². The third-order valence-corrected chi connectivity index (χ3v) is 8.33. The molecule has 1 N–H and O–H groups in total. The Balaban J connectivity index is 1.77. The van der Waals surface area contributed by atoms with Crippen molar-refractivity contribution < 1.29 is 0 Å². The zero-order valence-corrected chi connectivity index (χ0v) is 24.9. The maximum Gasteiger partial charge on any atom is 0.134 e. The molecule has 3 nitrogen and oxygen atoms in total. The van der Waals surface area contributed by atoms with Crippen LogP contribution in [0.5, 0.6) is 0 Å². The summed E-state index contributed by atoms with van der Waals surface area (Å²) in [5.74, 6) is 1.68. The maximum absolute atomic E-state index is 3.81. The molecule has 0 spiro atoms. The summed E-state index contributed by atoms with van der Waals surface area (Å²) in [5, 5.41) is 3.81. The first kappa shape index (κ1) is 27.1. The summed E-state index contributed by atoms with van der Waals surface area (Å²) >= 11 is 0. The Morgan fingerprint density at radius 3 is 1.44 bits per heavy atom. The summed E-state index contributed by atoms with van der Waals surface area (Å²) in [4.78, 5) is 5.14. The molecule has 5 rings (SSSR count). The second kappa shape index (κ2) is 11.0. The van der Waals surface area contributed by atoms with Crippen molar-refractivity contribution in [1.82, 2.24) is 5.32 Å². The van der Waals surface area contributed by atoms with E-state index in [0.29, 0.717) is 23.7 Å². The molecule has 0 bridgehead atoms. The van der Waals surface area contributed by atoms with Gasteiger partial charge in [0.15, 0.2) is 0 Å². The lowest BCUT2D eigenvalue weighted by Crippen LogP contribution is -2.49. The molecule has 3 aromatic rings. The Bertz CT molecular complexity index is 1250. The van der Waals surface area contributed by atoms with Crippen molar-refractivity contribution in [3.8, 4) is 0 Å². The maximum atomic E-state index is 3.81. The highest BCUT2D eigenvalue weighted by Gasteiger charge is 2.41. The zero-order chi connectivity index (χ0) is 27.8. The largest absolute Gasteiger partial charge is 0.380 e. The minimum atomic E-state index is 0.0332. The van der Waals surface area contributed by atoms with E-state index in [0.717, 1.165) is 0 Å². The van der Waals surface area contributed by atoms with Gasteiger partial charge in [-0.2, -0.15) is 0 Å². The fourth-order valence-corrected chi connectivity index (χ4v) is 6.33. The van der Waals surface area contributed by atoms with E-state index in [-0.39, 0.29) is 12.2 Å². The monoisotopic (exact) mass is 519 g/mol. The number of hydrogen-bond donors (Lipinski definition) is 1. The smallest absolute Gasteiger partial charge is 0.134 e. The lowest BCUT2D eigenvalue weighted by atomic mass is 9.89. The molecule has 39 heavy (non-hydrogen) atoms. The number of anilines is 2. The second-order valence-electron chi connectivity index (χ2n) is 12.3. The minimum Gasteiger partial charge on any atom is -0.380 e. The highest BCUT2D eigenvalue weighted by atomic mass is 15.4. The van der Waals surface area contributed by atoms with Crippen LogP contribution in [0.4, 0.5) is 11.4 Å². The van der Waals surface area contributed by atoms with Gasteiger partial charge in [-0.1, -0.05) is 116 Å². The molecule has 2 aliphatic heterocycles. The molecule has 0 fully saturated rings. The first-order valence-electron chi connectivity index (χ1n) is 14.7. The van der Waals surface area contributed by atoms with Gasteiger partial charge in [-0.15, -0.1) is 0 Å². The Morgan fingerprint density at radius 2 is 1.00 bits per heavy atom. The molecule has 2 aliphatic rings. The number of benzene rings is 3. The highest BCUT2D eigenvalue weighted by molar-refractivity contribution is 5.73. The Kier molecular flexibility index (Phi) is 7.62. The summed E-state index contributed by atoms with van der Waals surface area (Å²) in [6.07, 6.45) is 9.04. The van der Waals surface area contributed by atoms with Crippen molar-refractivity contribution in [1.29, 1.82) is 0 Å². The van der Waals surface area contributed by atoms with Gasteiger partial charge in [-0.05, 0) is 69.3 Å². The first-order valence-corrected chi connectivity index (χ1v) is 14.7. The van der Waals surface area contributed by atoms with Crippen molar-refractivity contribution >= 4 is 17.5 Å². The lowest BCUT2D eigenvalue weighted by Gasteiger charge is -2.43. The molecule has 0 radical (unpaired) electrons. The number of hydrogen-bond acceptors (Lipinski definition) is 3. The van der Waals surface area contributed by atoms with Crippen LogP contribution in [0.2, 0.25) is 0 Å². The molecule has 0 saturated heterocycles. The van der Waals surface area contributed by atoms with Crippen LogP contribution in [-0.2, 0) is 0 Å². The molecule has 0 saturated carbocycles. The van der Waals surface area contributed by atoms with E-state index >= 15 is 0 Å². The van der Waals surface area contributed by atoms with Crippen LogP contribution in [0.15, 0.2) is 79.3 Å². The lowest BCUT2D eigenvalue weighted by molar-refractivity contribution is 0.490. The standard InChI is InChI=1S/C36H45N3/c1-23(2)28-15-11-16-29(24(3)4)34(28)38-21-22-39(35-30(25(5)6)17-12-18-31(35)26(7)8)36(38)33-32-14-10-9-13-27(32)19-20-37-33/h9-26,33,36-37H,1-8H3. The van der Waals surface area contributed by atoms with Crippen molar-refractivity contribution in [2.24, 2.45) is 0 Å². The van der Waals surface area contributed by atoms with E-state index in [1.807, 2.05) is 0 Å². The number of rotatable bonds is 7. The van der Waals surface area contributed by atoms with E-state index in [9.17, 15) is 0 Å². The number of fused-ring (bicyclic) bond motifs is 1. The normalized spacial score (nSPS) is 17.2. The molecular formula is C36H45N3. The van der Waals surface area contributed by atoms with Gasteiger partial charge in [0.05, 0.1) is 6.04 Å². The summed E-state index contributed by atoms with van der Waals surface area (Å²) < 4.78 is 0. The van der Waals surface area contributed by atoms with Crippen LogP contribution in [0.3, 0.4) is 0 Å². The van der Waals surface area contributed by atoms with Crippen molar-refractivity contribution in [2.45, 2.75) is 91.3 Å². The van der Waals surface area contributed by atoms with Crippen LogP contribution < -0.4 is 15.1 Å². The fraction of sp³-hybridized carbons (Fsp3) is 0.389. The molecule has 3 aromatic carbocycles. The van der Waals surface area contributed by atoms with Gasteiger partial charge in [0, 0.05) is 23.8 Å². The van der Waals surface area contributed by atoms with Crippen molar-refractivity contribution in [3.63, 3.8) is 0 Å². The number of para-hydroxylation sites is 2. The van der Waals surface area contributed by atoms with Crippen molar-refractivity contribution in [2.75, 3.05) is 9.80 Å². The number of nitrogens with one attached hydrogen (secondary N) is 1. The van der Waals surface area contributed by atoms with Crippen LogP contribution in [-0.4, -0.2) is 6.17 Å². The van der Waals surface area contributed by atoms with Gasteiger partial charge >= 0.3 is 0 Å². The Morgan fingerprint density at radius 1 is 0.564 bits per heavy atom. The molecule has 0 aromatic heterocycles. The van der Waals surface area contributed by atoms with Crippen LogP contribution in [0.25, 0.3) is 6.08 Å². The molecule has 0 amide bonds. The van der Waals surface area contributed by atoms with E-state index < -0.39 is 0 Å². The summed E-state index contributed by atoms with van der Waals surface area (Å²) in [7, 11) is 0. The minimum absolute atomic E-state index is 0.0332. The van der Waals surface area contributed by atoms with Gasteiger partial charge in [0.1, 0.15) is 6.17 Å². The molecule has 1 unspecified atom stereocenters. The molecular weight excluding hydrogens is 474 g/mol. The van der Waals surface area contributed by atoms with Crippen LogP contribution in [0, 0.1) is 0 Å². The summed E-state index contributed by atoms with van der Waals surface area (Å²) in [5.41, 5.74) is 10.9. The molecule has 3 heteroatoms. The van der Waals surface area contributed by atoms with Gasteiger partial charge in [0.2, 0.25) is 0 Å². The van der Waals surface area contributed by atoms with Gasteiger partial charge in [0.25, 0.3) is 0 Å². The third-order valence-electron chi connectivity index (χ3n) is 8.33. The average Bonchev–Trinajstić information content (AvgIpc) is 3.35. The van der Waals surface area contributed by atoms with E-state index in [1.165, 1.54) is 44.8 Å². The fourth-order valence-electron chi connectivity index (χ4n) is 6.33. The number of nitrogens with zero attached hydrogens (tertiary/aromatic N) is 2. The topological polar surface area (TPSA) is 18.5 Å². The van der Waals surface area contributed by atoms with Crippen molar-refractivity contribution in [3.05, 3.63) is 113 Å².